The molecule has 1 rings (SSSR count). The van der Waals surface area contributed by atoms with Gasteiger partial charge < -0.3 is 5.32 Å². The lowest BCUT2D eigenvalue weighted by atomic mass is 10.2. The van der Waals surface area contributed by atoms with E-state index in [9.17, 15) is 4.79 Å². The maximum atomic E-state index is 10.8. The summed E-state index contributed by atoms with van der Waals surface area (Å²) in [6, 6.07) is 7.35. The smallest absolute Gasteiger partial charge is 0.235 e. The van der Waals surface area contributed by atoms with Crippen LogP contribution in [-0.2, 0) is 11.3 Å². The van der Waals surface area contributed by atoms with E-state index in [1.165, 1.54) is 0 Å². The molecule has 0 radical (unpaired) electrons. The summed E-state index contributed by atoms with van der Waals surface area (Å²) >= 11 is 11.2. The van der Waals surface area contributed by atoms with Crippen molar-refractivity contribution in [2.75, 3.05) is 5.88 Å². The van der Waals surface area contributed by atoms with Crippen LogP contribution >= 0.6 is 23.2 Å². The highest BCUT2D eigenvalue weighted by molar-refractivity contribution is 6.31. The van der Waals surface area contributed by atoms with Crippen LogP contribution in [0.25, 0.3) is 0 Å². The highest BCUT2D eigenvalue weighted by Crippen LogP contribution is 2.13. The lowest BCUT2D eigenvalue weighted by Crippen LogP contribution is -2.23. The molecule has 0 bridgehead atoms. The van der Waals surface area contributed by atoms with E-state index in [1.807, 2.05) is 18.2 Å². The number of amides is 1. The van der Waals surface area contributed by atoms with E-state index in [1.54, 1.807) is 6.07 Å². The van der Waals surface area contributed by atoms with Crippen molar-refractivity contribution < 1.29 is 4.79 Å². The van der Waals surface area contributed by atoms with Gasteiger partial charge in [0.2, 0.25) is 5.91 Å². The molecule has 0 heterocycles. The molecule has 4 heteroatoms. The van der Waals surface area contributed by atoms with Crippen molar-refractivity contribution in [1.29, 1.82) is 0 Å². The van der Waals surface area contributed by atoms with Gasteiger partial charge in [0.1, 0.15) is 5.88 Å². The molecule has 0 fully saturated rings. The van der Waals surface area contributed by atoms with Gasteiger partial charge in [-0.2, -0.15) is 0 Å². The second-order valence-electron chi connectivity index (χ2n) is 2.50. The summed E-state index contributed by atoms with van der Waals surface area (Å²) in [4.78, 5) is 10.8. The van der Waals surface area contributed by atoms with Crippen molar-refractivity contribution in [3.05, 3.63) is 34.9 Å². The Morgan fingerprint density at radius 2 is 2.08 bits per heavy atom. The van der Waals surface area contributed by atoms with Gasteiger partial charge in [-0.25, -0.2) is 0 Å². The SMILES string of the molecule is O=C(CCl)NCc1ccccc1Cl. The third kappa shape index (κ3) is 3.25. The zero-order chi connectivity index (χ0) is 9.68. The molecule has 70 valence electrons. The number of halogens is 2. The van der Waals surface area contributed by atoms with Crippen LogP contribution in [0, 0.1) is 0 Å². The van der Waals surface area contributed by atoms with Crippen LogP contribution < -0.4 is 5.32 Å². The van der Waals surface area contributed by atoms with Crippen molar-refractivity contribution in [3.8, 4) is 0 Å². The highest BCUT2D eigenvalue weighted by Gasteiger charge is 2.00. The van der Waals surface area contributed by atoms with Gasteiger partial charge in [0.15, 0.2) is 0 Å². The van der Waals surface area contributed by atoms with Gasteiger partial charge in [0, 0.05) is 11.6 Å². The van der Waals surface area contributed by atoms with Gasteiger partial charge >= 0.3 is 0 Å². The van der Waals surface area contributed by atoms with Crippen LogP contribution in [0.2, 0.25) is 5.02 Å². The molecule has 0 saturated heterocycles. The average Bonchev–Trinajstić information content (AvgIpc) is 2.16. The maximum Gasteiger partial charge on any atom is 0.235 e. The molecular formula is C9H9Cl2NO. The number of alkyl halides is 1. The number of hydrogen-bond donors (Lipinski definition) is 1. The molecule has 1 aromatic carbocycles. The van der Waals surface area contributed by atoms with Gasteiger partial charge in [0.05, 0.1) is 0 Å². The van der Waals surface area contributed by atoms with E-state index in [0.29, 0.717) is 11.6 Å². The van der Waals surface area contributed by atoms with Crippen LogP contribution in [0.1, 0.15) is 5.56 Å². The van der Waals surface area contributed by atoms with E-state index in [0.717, 1.165) is 5.56 Å². The highest BCUT2D eigenvalue weighted by atomic mass is 35.5. The number of rotatable bonds is 3. The summed E-state index contributed by atoms with van der Waals surface area (Å²) in [6.07, 6.45) is 0. The molecule has 1 aromatic rings. The Morgan fingerprint density at radius 3 is 2.69 bits per heavy atom. The Morgan fingerprint density at radius 1 is 1.38 bits per heavy atom. The first-order valence-electron chi connectivity index (χ1n) is 3.80. The summed E-state index contributed by atoms with van der Waals surface area (Å²) in [6.45, 7) is 0.422. The molecule has 0 aromatic heterocycles. The number of benzene rings is 1. The van der Waals surface area contributed by atoms with E-state index in [-0.39, 0.29) is 11.8 Å². The van der Waals surface area contributed by atoms with Crippen LogP contribution in [0.4, 0.5) is 0 Å². The molecule has 1 amide bonds. The predicted molar refractivity (Wildman–Crippen MR) is 54.0 cm³/mol. The second kappa shape index (κ2) is 5.10. The summed E-state index contributed by atoms with van der Waals surface area (Å²) in [5.41, 5.74) is 0.891. The van der Waals surface area contributed by atoms with Crippen LogP contribution in [0.5, 0.6) is 0 Å². The Labute approximate surface area is 86.8 Å². The summed E-state index contributed by atoms with van der Waals surface area (Å²) in [5.74, 6) is -0.216. The minimum atomic E-state index is -0.193. The fourth-order valence-corrected chi connectivity index (χ4v) is 1.18. The van der Waals surface area contributed by atoms with Gasteiger partial charge in [-0.1, -0.05) is 29.8 Å². The monoisotopic (exact) mass is 217 g/mol. The van der Waals surface area contributed by atoms with Gasteiger partial charge in [-0.05, 0) is 11.6 Å². The predicted octanol–water partition coefficient (Wildman–Crippen LogP) is 2.20. The van der Waals surface area contributed by atoms with E-state index in [4.69, 9.17) is 23.2 Å². The minimum absolute atomic E-state index is 0.0234. The Bertz CT molecular complexity index is 301. The van der Waals surface area contributed by atoms with Gasteiger partial charge in [-0.15, -0.1) is 11.6 Å². The Kier molecular flexibility index (Phi) is 4.06. The third-order valence-electron chi connectivity index (χ3n) is 1.56. The van der Waals surface area contributed by atoms with Crippen molar-refractivity contribution in [1.82, 2.24) is 5.32 Å². The fraction of sp³-hybridized carbons (Fsp3) is 0.222. The summed E-state index contributed by atoms with van der Waals surface area (Å²) < 4.78 is 0. The van der Waals surface area contributed by atoms with Crippen molar-refractivity contribution in [2.45, 2.75) is 6.54 Å². The molecule has 0 unspecified atom stereocenters. The van der Waals surface area contributed by atoms with Crippen molar-refractivity contribution >= 4 is 29.1 Å². The second-order valence-corrected chi connectivity index (χ2v) is 3.18. The molecule has 1 N–H and O–H groups in total. The first-order chi connectivity index (χ1) is 6.24. The molecule has 0 saturated carbocycles. The minimum Gasteiger partial charge on any atom is -0.351 e. The molecule has 0 aliphatic heterocycles. The molecule has 13 heavy (non-hydrogen) atoms. The van der Waals surface area contributed by atoms with E-state index in [2.05, 4.69) is 5.32 Å². The first kappa shape index (κ1) is 10.4. The average molecular weight is 218 g/mol. The third-order valence-corrected chi connectivity index (χ3v) is 2.17. The zero-order valence-electron chi connectivity index (χ0n) is 6.89. The lowest BCUT2D eigenvalue weighted by molar-refractivity contribution is -0.118. The molecule has 0 aliphatic carbocycles. The molecule has 0 spiro atoms. The normalized spacial score (nSPS) is 9.69. The lowest BCUT2D eigenvalue weighted by Gasteiger charge is -2.04. The molecular weight excluding hydrogens is 209 g/mol. The molecule has 2 nitrogen and oxygen atoms in total. The van der Waals surface area contributed by atoms with Gasteiger partial charge in [0.25, 0.3) is 0 Å². The quantitative estimate of drug-likeness (QED) is 0.774. The summed E-state index contributed by atoms with van der Waals surface area (Å²) in [5, 5.41) is 3.28. The van der Waals surface area contributed by atoms with E-state index >= 15 is 0 Å². The largest absolute Gasteiger partial charge is 0.351 e. The number of nitrogens with one attached hydrogen (secondary N) is 1. The van der Waals surface area contributed by atoms with Crippen LogP contribution in [0.3, 0.4) is 0 Å². The van der Waals surface area contributed by atoms with Crippen LogP contribution in [-0.4, -0.2) is 11.8 Å². The van der Waals surface area contributed by atoms with Crippen molar-refractivity contribution in [2.24, 2.45) is 0 Å². The van der Waals surface area contributed by atoms with Crippen LogP contribution in [0.15, 0.2) is 24.3 Å². The zero-order valence-corrected chi connectivity index (χ0v) is 8.40. The molecule has 0 atom stereocenters. The summed E-state index contributed by atoms with van der Waals surface area (Å²) in [7, 11) is 0. The Hall–Kier alpha value is -0.730. The Balaban J connectivity index is 2.54. The van der Waals surface area contributed by atoms with Gasteiger partial charge in [-0.3, -0.25) is 4.79 Å². The van der Waals surface area contributed by atoms with Crippen molar-refractivity contribution in [3.63, 3.8) is 0 Å². The maximum absolute atomic E-state index is 10.8. The first-order valence-corrected chi connectivity index (χ1v) is 4.71. The topological polar surface area (TPSA) is 29.1 Å². The number of carbonyl (C=O) groups excluding carboxylic acids is 1. The standard InChI is InChI=1S/C9H9Cl2NO/c10-5-9(13)12-6-7-3-1-2-4-8(7)11/h1-4H,5-6H2,(H,12,13). The molecule has 0 aliphatic rings. The number of carbonyl (C=O) groups is 1. The number of hydrogen-bond acceptors (Lipinski definition) is 1. The fourth-order valence-electron chi connectivity index (χ4n) is 0.883. The van der Waals surface area contributed by atoms with E-state index < -0.39 is 0 Å².